The maximum atomic E-state index is 12.9. The van der Waals surface area contributed by atoms with Gasteiger partial charge in [0.15, 0.2) is 12.2 Å². The highest BCUT2D eigenvalue weighted by atomic mass is 35.5. The number of hydrogen-bond donors (Lipinski definition) is 2. The van der Waals surface area contributed by atoms with Crippen molar-refractivity contribution in [2.24, 2.45) is 10.9 Å². The van der Waals surface area contributed by atoms with Crippen LogP contribution < -0.4 is 15.8 Å². The molecule has 2 heterocycles. The molecule has 1 unspecified atom stereocenters. The van der Waals surface area contributed by atoms with E-state index in [1.165, 1.54) is 11.0 Å². The van der Waals surface area contributed by atoms with Crippen molar-refractivity contribution in [1.82, 2.24) is 4.90 Å². The molecule has 1 saturated heterocycles. The molecule has 182 valence electrons. The van der Waals surface area contributed by atoms with Crippen LogP contribution in [-0.2, 0) is 19.2 Å². The van der Waals surface area contributed by atoms with Crippen LogP contribution in [-0.4, -0.2) is 53.1 Å². The van der Waals surface area contributed by atoms with Gasteiger partial charge >= 0.3 is 0 Å². The fraction of sp³-hybridized carbons (Fsp3) is 0.280. The molecule has 0 aliphatic carbocycles. The van der Waals surface area contributed by atoms with Gasteiger partial charge in [-0.3, -0.25) is 14.4 Å². The maximum absolute atomic E-state index is 12.9. The molecule has 1 spiro atoms. The summed E-state index contributed by atoms with van der Waals surface area (Å²) < 4.78 is 5.56. The minimum absolute atomic E-state index is 0.147. The Labute approximate surface area is 207 Å². The summed E-state index contributed by atoms with van der Waals surface area (Å²) in [5.41, 5.74) is 6.79. The van der Waals surface area contributed by atoms with E-state index < -0.39 is 17.6 Å². The van der Waals surface area contributed by atoms with Crippen LogP contribution in [0.2, 0.25) is 5.02 Å². The monoisotopic (exact) mass is 496 g/mol. The molecule has 2 atom stereocenters. The molecule has 0 saturated carbocycles. The van der Waals surface area contributed by atoms with E-state index in [0.717, 1.165) is 5.56 Å². The number of likely N-dealkylation sites (tertiary alicyclic amines) is 1. The second-order valence-corrected chi connectivity index (χ2v) is 8.88. The number of benzene rings is 2. The zero-order valence-corrected chi connectivity index (χ0v) is 19.8. The molecule has 0 bridgehead atoms. The van der Waals surface area contributed by atoms with Crippen LogP contribution in [0, 0.1) is 0 Å². The second kappa shape index (κ2) is 10.2. The number of anilines is 1. The first-order chi connectivity index (χ1) is 16.8. The van der Waals surface area contributed by atoms with E-state index in [1.807, 2.05) is 6.07 Å². The number of allylic oxidation sites excluding steroid dienone is 1. The number of halogens is 1. The molecular weight excluding hydrogens is 472 g/mol. The minimum Gasteiger partial charge on any atom is -0.484 e. The molecule has 3 amide bonds. The number of nitrogens with zero attached hydrogens (tertiary/aromatic N) is 2. The van der Waals surface area contributed by atoms with Crippen LogP contribution in [0.4, 0.5) is 5.69 Å². The van der Waals surface area contributed by atoms with Crippen molar-refractivity contribution in [1.29, 1.82) is 0 Å². The highest BCUT2D eigenvalue weighted by molar-refractivity contribution is 6.30. The van der Waals surface area contributed by atoms with Gasteiger partial charge in [0.05, 0.1) is 12.3 Å². The first-order valence-electron chi connectivity index (χ1n) is 11.0. The Morgan fingerprint density at radius 1 is 1.29 bits per heavy atom. The number of hydrogen-bond acceptors (Lipinski definition) is 6. The summed E-state index contributed by atoms with van der Waals surface area (Å²) in [6.45, 7) is 1.65. The fourth-order valence-corrected chi connectivity index (χ4v) is 4.33. The Morgan fingerprint density at radius 3 is 2.77 bits per heavy atom. The van der Waals surface area contributed by atoms with E-state index in [0.29, 0.717) is 28.6 Å². The Morgan fingerprint density at radius 2 is 2.06 bits per heavy atom. The third-order valence-electron chi connectivity index (χ3n) is 5.85. The number of primary amides is 1. The number of amides is 3. The molecule has 0 radical (unpaired) electrons. The highest BCUT2D eigenvalue weighted by Crippen LogP contribution is 2.39. The van der Waals surface area contributed by atoms with Crippen molar-refractivity contribution in [3.8, 4) is 5.75 Å². The van der Waals surface area contributed by atoms with Crippen molar-refractivity contribution in [2.45, 2.75) is 31.4 Å². The van der Waals surface area contributed by atoms with Crippen LogP contribution >= 0.6 is 11.6 Å². The van der Waals surface area contributed by atoms with Crippen molar-refractivity contribution in [3.05, 3.63) is 71.3 Å². The largest absolute Gasteiger partial charge is 0.484 e. The zero-order chi connectivity index (χ0) is 25.0. The molecule has 1 fully saturated rings. The summed E-state index contributed by atoms with van der Waals surface area (Å²) in [4.78, 5) is 44.1. The number of oxime groups is 1. The number of carbonyl (C=O) groups excluding carboxylic acids is 3. The average molecular weight is 497 g/mol. The lowest BCUT2D eigenvalue weighted by atomic mass is 9.91. The van der Waals surface area contributed by atoms with E-state index >= 15 is 0 Å². The van der Waals surface area contributed by atoms with Gasteiger partial charge in [-0.1, -0.05) is 35.0 Å². The van der Waals surface area contributed by atoms with Crippen LogP contribution in [0.25, 0.3) is 0 Å². The lowest BCUT2D eigenvalue weighted by Crippen LogP contribution is -2.45. The topological polar surface area (TPSA) is 123 Å². The van der Waals surface area contributed by atoms with Gasteiger partial charge in [0.2, 0.25) is 11.8 Å². The number of carbonyl (C=O) groups is 3. The molecule has 0 aromatic heterocycles. The van der Waals surface area contributed by atoms with E-state index in [1.54, 1.807) is 55.5 Å². The summed E-state index contributed by atoms with van der Waals surface area (Å²) in [7, 11) is 0. The molecule has 4 rings (SSSR count). The molecule has 10 heteroatoms. The number of nitrogens with two attached hydrogens (primary N) is 1. The van der Waals surface area contributed by atoms with Crippen molar-refractivity contribution in [2.75, 3.05) is 18.5 Å². The standard InChI is InChI=1S/C25H25ClN4O5/c1-2-4-22(31)28-18-6-3-5-16(11-18)20-12-25(35-29-20)13-21(24(27)33)30(15-25)23(32)14-34-19-9-7-17(26)8-10-19/h2-11,21H,12-15H2,1H3,(H2,27,33)(H,28,31)/b4-2-/t21-,25?/m0/s1. The third-order valence-corrected chi connectivity index (χ3v) is 6.10. The Hall–Kier alpha value is -3.85. The van der Waals surface area contributed by atoms with Crippen molar-refractivity contribution >= 4 is 40.7 Å². The zero-order valence-electron chi connectivity index (χ0n) is 19.1. The van der Waals surface area contributed by atoms with Gasteiger partial charge < -0.3 is 25.5 Å². The number of rotatable bonds is 7. The van der Waals surface area contributed by atoms with Gasteiger partial charge in [-0.2, -0.15) is 0 Å². The summed E-state index contributed by atoms with van der Waals surface area (Å²) in [6.07, 6.45) is 3.69. The number of ether oxygens (including phenoxy) is 1. The molecule has 35 heavy (non-hydrogen) atoms. The molecule has 2 aliphatic rings. The molecular formula is C25H25ClN4O5. The van der Waals surface area contributed by atoms with Gasteiger partial charge in [-0.15, -0.1) is 0 Å². The molecule has 9 nitrogen and oxygen atoms in total. The maximum Gasteiger partial charge on any atom is 0.261 e. The Kier molecular flexibility index (Phi) is 7.07. The quantitative estimate of drug-likeness (QED) is 0.570. The first-order valence-corrected chi connectivity index (χ1v) is 11.4. The Bertz CT molecular complexity index is 1200. The first kappa shape index (κ1) is 24.3. The third kappa shape index (κ3) is 5.63. The van der Waals surface area contributed by atoms with E-state index in [-0.39, 0.29) is 31.4 Å². The van der Waals surface area contributed by atoms with Crippen LogP contribution in [0.3, 0.4) is 0 Å². The van der Waals surface area contributed by atoms with Gasteiger partial charge in [0.1, 0.15) is 11.8 Å². The van der Waals surface area contributed by atoms with E-state index in [2.05, 4.69) is 10.5 Å². The summed E-state index contributed by atoms with van der Waals surface area (Å²) in [5, 5.41) is 7.58. The lowest BCUT2D eigenvalue weighted by molar-refractivity contribution is -0.139. The second-order valence-electron chi connectivity index (χ2n) is 8.45. The smallest absolute Gasteiger partial charge is 0.261 e. The van der Waals surface area contributed by atoms with Crippen LogP contribution in [0.5, 0.6) is 5.75 Å². The van der Waals surface area contributed by atoms with E-state index in [9.17, 15) is 14.4 Å². The number of nitrogens with one attached hydrogen (secondary N) is 1. The fourth-order valence-electron chi connectivity index (χ4n) is 4.21. The molecule has 3 N–H and O–H groups in total. The van der Waals surface area contributed by atoms with Crippen molar-refractivity contribution < 1.29 is 24.0 Å². The minimum atomic E-state index is -0.866. The molecule has 2 aromatic rings. The van der Waals surface area contributed by atoms with Crippen LogP contribution in [0.1, 0.15) is 25.3 Å². The summed E-state index contributed by atoms with van der Waals surface area (Å²) in [6, 6.07) is 13.0. The normalized spacial score (nSPS) is 21.1. The highest BCUT2D eigenvalue weighted by Gasteiger charge is 2.53. The van der Waals surface area contributed by atoms with Gasteiger partial charge in [-0.25, -0.2) is 0 Å². The molecule has 2 aliphatic heterocycles. The van der Waals surface area contributed by atoms with Gasteiger partial charge in [0.25, 0.3) is 5.91 Å². The Balaban J connectivity index is 1.43. The van der Waals surface area contributed by atoms with Gasteiger partial charge in [-0.05, 0) is 49.4 Å². The molecule has 2 aromatic carbocycles. The predicted octanol–water partition coefficient (Wildman–Crippen LogP) is 2.88. The predicted molar refractivity (Wildman–Crippen MR) is 131 cm³/mol. The van der Waals surface area contributed by atoms with Crippen LogP contribution in [0.15, 0.2) is 65.8 Å². The summed E-state index contributed by atoms with van der Waals surface area (Å²) in [5.74, 6) is -0.754. The van der Waals surface area contributed by atoms with E-state index in [4.69, 9.17) is 26.9 Å². The van der Waals surface area contributed by atoms with Crippen molar-refractivity contribution in [3.63, 3.8) is 0 Å². The lowest BCUT2D eigenvalue weighted by Gasteiger charge is -2.23. The SMILES string of the molecule is C/C=C\C(=O)Nc1cccc(C2=NOC3(C2)C[C@@H](C(N)=O)N(C(=O)COc2ccc(Cl)cc2)C3)c1. The summed E-state index contributed by atoms with van der Waals surface area (Å²) >= 11 is 5.87. The average Bonchev–Trinajstić information content (AvgIpc) is 3.43. The van der Waals surface area contributed by atoms with Gasteiger partial charge in [0, 0.05) is 29.1 Å².